The van der Waals surface area contributed by atoms with E-state index < -0.39 is 6.11 Å². The van der Waals surface area contributed by atoms with Gasteiger partial charge in [0.15, 0.2) is 0 Å². The topological polar surface area (TPSA) is 21.7 Å². The van der Waals surface area contributed by atoms with Crippen LogP contribution in [-0.2, 0) is 4.52 Å². The Bertz CT molecular complexity index is 354. The van der Waals surface area contributed by atoms with Crippen molar-refractivity contribution >= 4 is 21.2 Å². The molecule has 0 aliphatic carbocycles. The van der Waals surface area contributed by atoms with Gasteiger partial charge >= 0.3 is 105 Å². The van der Waals surface area contributed by atoms with Gasteiger partial charge in [-0.1, -0.05) is 0 Å². The summed E-state index contributed by atoms with van der Waals surface area (Å²) in [6.45, 7) is 6.00. The van der Waals surface area contributed by atoms with Crippen molar-refractivity contribution in [3.05, 3.63) is 30.3 Å². The molecule has 1 rings (SSSR count). The Morgan fingerprint density at radius 2 is 1.75 bits per heavy atom. The Hall–Kier alpha value is -0.111. The van der Waals surface area contributed by atoms with E-state index in [1.807, 2.05) is 30.3 Å². The number of nitrogens with zero attached hydrogens (tertiary/aromatic N) is 1. The first-order chi connectivity index (χ1) is 7.66. The van der Waals surface area contributed by atoms with E-state index in [0.717, 1.165) is 18.8 Å². The van der Waals surface area contributed by atoms with Crippen LogP contribution in [0.3, 0.4) is 0 Å². The molecule has 90 valence electrons. The van der Waals surface area contributed by atoms with E-state index in [2.05, 4.69) is 33.6 Å². The Morgan fingerprint density at radius 1 is 1.19 bits per heavy atom. The van der Waals surface area contributed by atoms with Crippen LogP contribution in [0.15, 0.2) is 30.3 Å². The van der Waals surface area contributed by atoms with E-state index in [0.29, 0.717) is 0 Å². The molecule has 0 spiro atoms. The second-order valence-corrected chi connectivity index (χ2v) is 8.15. The van der Waals surface area contributed by atoms with E-state index in [1.165, 1.54) is 0 Å². The molecule has 0 aromatic heterocycles. The summed E-state index contributed by atoms with van der Waals surface area (Å²) in [5.41, 5.74) is 0. The number of rotatable bonds is 6. The molecule has 0 aliphatic heterocycles. The van der Waals surface area contributed by atoms with E-state index >= 15 is 0 Å². The summed E-state index contributed by atoms with van der Waals surface area (Å²) in [7, 11) is 1.69. The van der Waals surface area contributed by atoms with Crippen LogP contribution in [0.1, 0.15) is 13.8 Å². The van der Waals surface area contributed by atoms with Gasteiger partial charge in [0.2, 0.25) is 0 Å². The first-order valence-electron chi connectivity index (χ1n) is 5.32. The van der Waals surface area contributed by atoms with Crippen LogP contribution >= 0.6 is 6.11 Å². The van der Waals surface area contributed by atoms with Crippen molar-refractivity contribution in [2.24, 2.45) is 0 Å². The zero-order valence-corrected chi connectivity index (χ0v) is 12.5. The van der Waals surface area contributed by atoms with Gasteiger partial charge in [0.1, 0.15) is 0 Å². The van der Waals surface area contributed by atoms with Gasteiger partial charge in [0, 0.05) is 0 Å². The average molecular weight is 306 g/mol. The molecule has 1 aromatic carbocycles. The predicted molar refractivity (Wildman–Crippen MR) is 69.7 cm³/mol. The quantitative estimate of drug-likeness (QED) is 0.596. The molecule has 0 amide bonds. The average Bonchev–Trinajstić information content (AvgIpc) is 2.32. The summed E-state index contributed by atoms with van der Waals surface area (Å²) in [5.74, 6) is 0.836. The van der Waals surface area contributed by atoms with Crippen molar-refractivity contribution in [3.8, 4) is 5.75 Å². The summed E-state index contributed by atoms with van der Waals surface area (Å²) in [6.07, 6.45) is -2.07. The third kappa shape index (κ3) is 3.44. The second-order valence-electron chi connectivity index (χ2n) is 3.19. The molecular formula is C11H18NO2PSe. The Morgan fingerprint density at radius 3 is 2.19 bits per heavy atom. The minimum absolute atomic E-state index is 0.836. The third-order valence-electron chi connectivity index (χ3n) is 2.27. The van der Waals surface area contributed by atoms with Crippen molar-refractivity contribution in [2.75, 3.05) is 20.2 Å². The maximum atomic E-state index is 5.95. The molecule has 3 nitrogen and oxygen atoms in total. The fourth-order valence-corrected chi connectivity index (χ4v) is 4.89. The third-order valence-corrected chi connectivity index (χ3v) is 7.29. The molecule has 0 fully saturated rings. The summed E-state index contributed by atoms with van der Waals surface area (Å²) < 4.78 is 13.7. The Kier molecular flexibility index (Phi) is 5.74. The zero-order chi connectivity index (χ0) is 12.0. The molecule has 0 heterocycles. The van der Waals surface area contributed by atoms with Gasteiger partial charge in [-0.25, -0.2) is 0 Å². The summed E-state index contributed by atoms with van der Waals surface area (Å²) in [5, 5.41) is 0. The zero-order valence-electron chi connectivity index (χ0n) is 9.92. The van der Waals surface area contributed by atoms with E-state index in [9.17, 15) is 0 Å². The summed E-state index contributed by atoms with van der Waals surface area (Å²) >= 11 is 3.08. The molecule has 16 heavy (non-hydrogen) atoms. The fraction of sp³-hybridized carbons (Fsp3) is 0.455. The van der Waals surface area contributed by atoms with Gasteiger partial charge in [-0.15, -0.1) is 0 Å². The normalized spacial score (nSPS) is 14.8. The van der Waals surface area contributed by atoms with Crippen LogP contribution in [0, 0.1) is 0 Å². The van der Waals surface area contributed by atoms with Gasteiger partial charge in [-0.2, -0.15) is 0 Å². The van der Waals surface area contributed by atoms with Crippen LogP contribution in [-0.4, -0.2) is 40.0 Å². The first-order valence-corrected chi connectivity index (χ1v) is 9.11. The van der Waals surface area contributed by atoms with Gasteiger partial charge in [0.25, 0.3) is 0 Å². The van der Waals surface area contributed by atoms with Gasteiger partial charge in [-0.3, -0.25) is 0 Å². The van der Waals surface area contributed by atoms with Gasteiger partial charge < -0.3 is 0 Å². The van der Waals surface area contributed by atoms with Crippen molar-refractivity contribution < 1.29 is 9.05 Å². The summed E-state index contributed by atoms with van der Waals surface area (Å²) in [6, 6.07) is 9.76. The number of hydrogen-bond donors (Lipinski definition) is 0. The van der Waals surface area contributed by atoms with Crippen molar-refractivity contribution in [2.45, 2.75) is 13.8 Å². The molecule has 0 N–H and O–H groups in total. The molecule has 5 heteroatoms. The molecule has 0 saturated heterocycles. The van der Waals surface area contributed by atoms with Crippen LogP contribution < -0.4 is 4.52 Å². The maximum absolute atomic E-state index is 5.95. The molecule has 0 radical (unpaired) electrons. The predicted octanol–water partition coefficient (Wildman–Crippen LogP) is 2.90. The van der Waals surface area contributed by atoms with Crippen molar-refractivity contribution in [3.63, 3.8) is 0 Å². The first kappa shape index (κ1) is 14.0. The number of para-hydroxylation sites is 1. The van der Waals surface area contributed by atoms with Crippen LogP contribution in [0.4, 0.5) is 0 Å². The standard InChI is InChI=1S/C11H18NO2PSe/c1-4-12(5-2)15(16,13-3)14-11-9-7-6-8-10-11/h6-10H,4-5H2,1-3H3. The Labute approximate surface area is 105 Å². The monoisotopic (exact) mass is 307 g/mol. The fourth-order valence-electron chi connectivity index (χ4n) is 1.40. The van der Waals surface area contributed by atoms with E-state index in [4.69, 9.17) is 9.05 Å². The number of benzene rings is 1. The molecular weight excluding hydrogens is 288 g/mol. The second kappa shape index (κ2) is 6.58. The molecule has 0 aliphatic rings. The van der Waals surface area contributed by atoms with Crippen LogP contribution in [0.5, 0.6) is 5.75 Å². The molecule has 0 bridgehead atoms. The van der Waals surface area contributed by atoms with E-state index in [-0.39, 0.29) is 0 Å². The van der Waals surface area contributed by atoms with E-state index in [1.54, 1.807) is 7.11 Å². The van der Waals surface area contributed by atoms with Crippen LogP contribution in [0.2, 0.25) is 0 Å². The Balaban J connectivity index is 2.86. The molecule has 1 atom stereocenters. The van der Waals surface area contributed by atoms with Crippen molar-refractivity contribution in [1.82, 2.24) is 4.67 Å². The van der Waals surface area contributed by atoms with Gasteiger partial charge in [-0.05, 0) is 0 Å². The van der Waals surface area contributed by atoms with Crippen molar-refractivity contribution in [1.29, 1.82) is 0 Å². The van der Waals surface area contributed by atoms with Crippen LogP contribution in [0.25, 0.3) is 0 Å². The minimum atomic E-state index is -2.07. The molecule has 1 aromatic rings. The number of hydrogen-bond acceptors (Lipinski definition) is 3. The summed E-state index contributed by atoms with van der Waals surface area (Å²) in [4.78, 5) is 0. The SMILES string of the molecule is CCN(CC)P(=[Se])(OC)Oc1ccccc1. The molecule has 1 unspecified atom stereocenters. The van der Waals surface area contributed by atoms with Gasteiger partial charge in [0.05, 0.1) is 0 Å². The molecule has 0 saturated carbocycles.